The predicted octanol–water partition coefficient (Wildman–Crippen LogP) is 5.27. The molecule has 2 heterocycles. The third-order valence-electron chi connectivity index (χ3n) is 5.36. The van der Waals surface area contributed by atoms with E-state index in [1.54, 1.807) is 7.11 Å². The van der Waals surface area contributed by atoms with E-state index in [2.05, 4.69) is 5.16 Å². The molecule has 0 saturated carbocycles. The Labute approximate surface area is 174 Å². The van der Waals surface area contributed by atoms with Crippen LogP contribution in [0.5, 0.6) is 11.5 Å². The molecule has 4 aromatic rings. The Morgan fingerprint density at radius 2 is 1.70 bits per heavy atom. The smallest absolute Gasteiger partial charge is 0.235 e. The minimum absolute atomic E-state index is 0.158. The quantitative estimate of drug-likeness (QED) is 0.450. The highest BCUT2D eigenvalue weighted by molar-refractivity contribution is 5.83. The Balaban J connectivity index is 1.89. The predicted molar refractivity (Wildman–Crippen MR) is 114 cm³/mol. The molecule has 0 atom stereocenters. The summed E-state index contributed by atoms with van der Waals surface area (Å²) in [6.07, 6.45) is 0. The molecule has 2 aromatic heterocycles. The van der Waals surface area contributed by atoms with Crippen molar-refractivity contribution < 1.29 is 18.4 Å². The fraction of sp³-hybridized carbons (Fsp3) is 0.250. The maximum atomic E-state index is 13.4. The summed E-state index contributed by atoms with van der Waals surface area (Å²) in [5.41, 5.74) is 4.65. The molecular weight excluding hydrogens is 382 g/mol. The summed E-state index contributed by atoms with van der Waals surface area (Å²) >= 11 is 0. The van der Waals surface area contributed by atoms with Crippen LogP contribution in [0, 0.1) is 27.7 Å². The van der Waals surface area contributed by atoms with Gasteiger partial charge in [-0.3, -0.25) is 4.79 Å². The molecule has 0 bridgehead atoms. The van der Waals surface area contributed by atoms with E-state index in [0.29, 0.717) is 28.2 Å². The first-order chi connectivity index (χ1) is 14.4. The summed E-state index contributed by atoms with van der Waals surface area (Å²) in [5.74, 6) is 1.92. The number of hydrogen-bond donors (Lipinski definition) is 0. The van der Waals surface area contributed by atoms with Crippen LogP contribution in [0.3, 0.4) is 0 Å². The Kier molecular flexibility index (Phi) is 5.08. The molecule has 4 rings (SSSR count). The van der Waals surface area contributed by atoms with E-state index < -0.39 is 0 Å². The van der Waals surface area contributed by atoms with Gasteiger partial charge in [0.2, 0.25) is 11.2 Å². The molecule has 0 unspecified atom stereocenters. The van der Waals surface area contributed by atoms with Gasteiger partial charge < -0.3 is 18.4 Å². The van der Waals surface area contributed by atoms with Crippen LogP contribution in [-0.4, -0.2) is 12.3 Å². The van der Waals surface area contributed by atoms with Gasteiger partial charge in [-0.2, -0.15) is 0 Å². The van der Waals surface area contributed by atoms with Crippen molar-refractivity contribution in [3.63, 3.8) is 0 Å². The lowest BCUT2D eigenvalue weighted by Gasteiger charge is -2.13. The number of nitrogens with zero attached hydrogens (tertiary/aromatic N) is 1. The minimum Gasteiger partial charge on any atom is -0.497 e. The first kappa shape index (κ1) is 19.8. The van der Waals surface area contributed by atoms with Crippen molar-refractivity contribution in [2.75, 3.05) is 7.11 Å². The first-order valence-corrected chi connectivity index (χ1v) is 9.66. The lowest BCUT2D eigenvalue weighted by Crippen LogP contribution is -2.11. The number of hydrogen-bond acceptors (Lipinski definition) is 6. The zero-order chi connectivity index (χ0) is 21.4. The van der Waals surface area contributed by atoms with Gasteiger partial charge in [-0.25, -0.2) is 0 Å². The molecule has 154 valence electrons. The number of aryl methyl sites for hydroxylation is 4. The number of fused-ring (bicyclic) bond motifs is 1. The second-order valence-corrected chi connectivity index (χ2v) is 7.34. The highest BCUT2D eigenvalue weighted by Gasteiger charge is 2.20. The maximum Gasteiger partial charge on any atom is 0.235 e. The molecule has 0 aliphatic carbocycles. The fourth-order valence-electron chi connectivity index (χ4n) is 3.35. The first-order valence-electron chi connectivity index (χ1n) is 9.66. The molecule has 30 heavy (non-hydrogen) atoms. The van der Waals surface area contributed by atoms with Gasteiger partial charge in [0.05, 0.1) is 23.8 Å². The molecule has 6 nitrogen and oxygen atoms in total. The summed E-state index contributed by atoms with van der Waals surface area (Å²) < 4.78 is 22.7. The van der Waals surface area contributed by atoms with Crippen molar-refractivity contribution in [2.45, 2.75) is 34.3 Å². The number of aromatic nitrogens is 1. The largest absolute Gasteiger partial charge is 0.497 e. The molecule has 0 fully saturated rings. The Hall–Kier alpha value is -3.54. The molecule has 0 N–H and O–H groups in total. The molecule has 0 radical (unpaired) electrons. The van der Waals surface area contributed by atoms with Crippen LogP contribution < -0.4 is 14.9 Å². The van der Waals surface area contributed by atoms with E-state index in [9.17, 15) is 4.79 Å². The summed E-state index contributed by atoms with van der Waals surface area (Å²) in [7, 11) is 1.61. The normalized spacial score (nSPS) is 11.1. The number of rotatable bonds is 5. The average molecular weight is 405 g/mol. The van der Waals surface area contributed by atoms with Gasteiger partial charge in [0.15, 0.2) is 5.76 Å². The minimum atomic E-state index is -0.211. The molecule has 0 aliphatic heterocycles. The standard InChI is InChI=1S/C24H23NO5/c1-13-10-19-21(11-14(13)2)29-23(17-6-8-18(27-5)9-7-17)24(22(19)26)28-12-20-15(3)25-30-16(20)4/h6-11H,12H2,1-5H3. The van der Waals surface area contributed by atoms with Gasteiger partial charge in [0, 0.05) is 5.56 Å². The topological polar surface area (TPSA) is 74.7 Å². The Morgan fingerprint density at radius 3 is 2.33 bits per heavy atom. The summed E-state index contributed by atoms with van der Waals surface area (Å²) in [5, 5.41) is 4.44. The van der Waals surface area contributed by atoms with Crippen molar-refractivity contribution >= 4 is 11.0 Å². The molecular formula is C24H23NO5. The maximum absolute atomic E-state index is 13.4. The number of ether oxygens (including phenoxy) is 2. The fourth-order valence-corrected chi connectivity index (χ4v) is 3.35. The van der Waals surface area contributed by atoms with Crippen molar-refractivity contribution in [1.82, 2.24) is 5.16 Å². The van der Waals surface area contributed by atoms with E-state index in [1.165, 1.54) is 0 Å². The van der Waals surface area contributed by atoms with Crippen LogP contribution in [0.1, 0.15) is 28.1 Å². The zero-order valence-electron chi connectivity index (χ0n) is 17.7. The van der Waals surface area contributed by atoms with Crippen LogP contribution in [0.15, 0.2) is 50.1 Å². The average Bonchev–Trinajstić information content (AvgIpc) is 3.06. The third-order valence-corrected chi connectivity index (χ3v) is 5.36. The zero-order valence-corrected chi connectivity index (χ0v) is 17.7. The monoisotopic (exact) mass is 405 g/mol. The molecule has 0 saturated heterocycles. The van der Waals surface area contributed by atoms with Crippen LogP contribution in [0.25, 0.3) is 22.3 Å². The van der Waals surface area contributed by atoms with Gasteiger partial charge in [-0.15, -0.1) is 0 Å². The van der Waals surface area contributed by atoms with E-state index >= 15 is 0 Å². The van der Waals surface area contributed by atoms with E-state index in [4.69, 9.17) is 18.4 Å². The summed E-state index contributed by atoms with van der Waals surface area (Å²) in [6, 6.07) is 11.0. The molecule has 2 aromatic carbocycles. The van der Waals surface area contributed by atoms with Crippen molar-refractivity contribution in [3.8, 4) is 22.8 Å². The second kappa shape index (κ2) is 7.71. The second-order valence-electron chi connectivity index (χ2n) is 7.34. The Morgan fingerprint density at radius 1 is 1.00 bits per heavy atom. The van der Waals surface area contributed by atoms with Crippen LogP contribution in [-0.2, 0) is 6.61 Å². The lowest BCUT2D eigenvalue weighted by molar-refractivity contribution is 0.294. The van der Waals surface area contributed by atoms with Crippen LogP contribution in [0.4, 0.5) is 0 Å². The Bertz CT molecular complexity index is 1260. The van der Waals surface area contributed by atoms with Crippen molar-refractivity contribution in [1.29, 1.82) is 0 Å². The number of methoxy groups -OCH3 is 1. The van der Waals surface area contributed by atoms with Gasteiger partial charge in [0.1, 0.15) is 23.7 Å². The van der Waals surface area contributed by atoms with Gasteiger partial charge in [0.25, 0.3) is 0 Å². The van der Waals surface area contributed by atoms with Crippen LogP contribution in [0.2, 0.25) is 0 Å². The number of benzene rings is 2. The molecule has 0 aliphatic rings. The lowest BCUT2D eigenvalue weighted by atomic mass is 10.0. The third kappa shape index (κ3) is 3.45. The van der Waals surface area contributed by atoms with Gasteiger partial charge in [-0.1, -0.05) is 5.16 Å². The van der Waals surface area contributed by atoms with Gasteiger partial charge in [-0.05, 0) is 75.2 Å². The van der Waals surface area contributed by atoms with Crippen molar-refractivity contribution in [3.05, 3.63) is 74.8 Å². The molecule has 0 amide bonds. The van der Waals surface area contributed by atoms with E-state index in [-0.39, 0.29) is 17.8 Å². The van der Waals surface area contributed by atoms with E-state index in [0.717, 1.165) is 27.9 Å². The highest BCUT2D eigenvalue weighted by Crippen LogP contribution is 2.33. The summed E-state index contributed by atoms with van der Waals surface area (Å²) in [6.45, 7) is 7.78. The van der Waals surface area contributed by atoms with Crippen LogP contribution >= 0.6 is 0 Å². The SMILES string of the molecule is COc1ccc(-c2oc3cc(C)c(C)cc3c(=O)c2OCc2c(C)noc2C)cc1. The highest BCUT2D eigenvalue weighted by atomic mass is 16.5. The summed E-state index contributed by atoms with van der Waals surface area (Å²) in [4.78, 5) is 13.4. The van der Waals surface area contributed by atoms with Crippen molar-refractivity contribution in [2.24, 2.45) is 0 Å². The van der Waals surface area contributed by atoms with E-state index in [1.807, 2.05) is 64.1 Å². The molecule has 6 heteroatoms. The molecule has 0 spiro atoms. The van der Waals surface area contributed by atoms with Gasteiger partial charge >= 0.3 is 0 Å².